The van der Waals surface area contributed by atoms with Crippen molar-refractivity contribution >= 4 is 0 Å². The number of allylic oxidation sites excluding steroid dienone is 2. The fourth-order valence-corrected chi connectivity index (χ4v) is 8.24. The third-order valence-corrected chi connectivity index (χ3v) is 11.4. The summed E-state index contributed by atoms with van der Waals surface area (Å²) < 4.78 is 0. The lowest BCUT2D eigenvalue weighted by Gasteiger charge is -2.26. The predicted octanol–water partition coefficient (Wildman–Crippen LogP) is 14.8. The number of phenolic OH excluding ortho intramolecular Hbond substituents is 2. The van der Waals surface area contributed by atoms with Crippen LogP contribution in [0.3, 0.4) is 0 Å². The molecule has 0 heterocycles. The number of aromatic hydroxyl groups is 2. The van der Waals surface area contributed by atoms with Crippen molar-refractivity contribution in [3.63, 3.8) is 0 Å². The number of rotatable bonds is 12. The van der Waals surface area contributed by atoms with E-state index in [1.165, 1.54) is 5.56 Å². The van der Waals surface area contributed by atoms with Gasteiger partial charge in [0.25, 0.3) is 0 Å². The number of hydrogen-bond acceptors (Lipinski definition) is 2. The van der Waals surface area contributed by atoms with Crippen molar-refractivity contribution in [2.75, 3.05) is 0 Å². The average molecular weight is 751 g/mol. The van der Waals surface area contributed by atoms with Gasteiger partial charge in [-0.3, -0.25) is 0 Å². The van der Waals surface area contributed by atoms with E-state index < -0.39 is 5.92 Å². The lowest BCUT2D eigenvalue weighted by Crippen LogP contribution is -2.08. The molecule has 0 radical (unpaired) electrons. The van der Waals surface area contributed by atoms with Crippen LogP contribution in [0.1, 0.15) is 46.1 Å². The minimum Gasteiger partial charge on any atom is -0.507 e. The van der Waals surface area contributed by atoms with Gasteiger partial charge in [-0.1, -0.05) is 200 Å². The van der Waals surface area contributed by atoms with E-state index >= 15 is 0 Å². The second-order valence-electron chi connectivity index (χ2n) is 14.8. The molecule has 8 aromatic rings. The molecule has 0 aromatic heterocycles. The first-order valence-electron chi connectivity index (χ1n) is 19.8. The van der Waals surface area contributed by atoms with Gasteiger partial charge in [0.2, 0.25) is 0 Å². The van der Waals surface area contributed by atoms with Gasteiger partial charge >= 0.3 is 0 Å². The van der Waals surface area contributed by atoms with E-state index in [9.17, 15) is 10.2 Å². The molecule has 2 heteroatoms. The quantitative estimate of drug-likeness (QED) is 0.0964. The van der Waals surface area contributed by atoms with Crippen molar-refractivity contribution in [3.05, 3.63) is 241 Å². The highest BCUT2D eigenvalue weighted by Crippen LogP contribution is 2.48. The molecular formula is C56H46O2. The van der Waals surface area contributed by atoms with Gasteiger partial charge in [-0.15, -0.1) is 13.2 Å². The molecule has 0 aliphatic heterocycles. The van der Waals surface area contributed by atoms with Crippen molar-refractivity contribution < 1.29 is 10.2 Å². The van der Waals surface area contributed by atoms with E-state index in [1.807, 2.05) is 84.9 Å². The predicted molar refractivity (Wildman–Crippen MR) is 243 cm³/mol. The number of para-hydroxylation sites is 2. The van der Waals surface area contributed by atoms with Crippen molar-refractivity contribution in [2.24, 2.45) is 0 Å². The van der Waals surface area contributed by atoms with Gasteiger partial charge in [-0.25, -0.2) is 0 Å². The molecule has 0 saturated carbocycles. The Labute approximate surface area is 342 Å². The molecule has 0 aliphatic carbocycles. The van der Waals surface area contributed by atoms with Crippen LogP contribution in [0.15, 0.2) is 213 Å². The summed E-state index contributed by atoms with van der Waals surface area (Å²) in [6.07, 6.45) is 4.74. The van der Waals surface area contributed by atoms with E-state index in [4.69, 9.17) is 0 Å². The topological polar surface area (TPSA) is 40.5 Å². The molecule has 0 saturated heterocycles. The zero-order chi connectivity index (χ0) is 40.0. The number of hydrogen-bond donors (Lipinski definition) is 2. The molecule has 58 heavy (non-hydrogen) atoms. The van der Waals surface area contributed by atoms with Crippen LogP contribution >= 0.6 is 0 Å². The summed E-state index contributed by atoms with van der Waals surface area (Å²) in [6.45, 7) is 10.1. The van der Waals surface area contributed by atoms with Crippen LogP contribution in [0.5, 0.6) is 11.5 Å². The largest absolute Gasteiger partial charge is 0.507 e. The smallest absolute Gasteiger partial charge is 0.127 e. The Bertz CT molecular complexity index is 2540. The second-order valence-corrected chi connectivity index (χ2v) is 14.8. The molecular weight excluding hydrogens is 705 g/mol. The fraction of sp³-hybridized carbons (Fsp3) is 0.0714. The van der Waals surface area contributed by atoms with Crippen LogP contribution in [-0.4, -0.2) is 10.2 Å². The Morgan fingerprint density at radius 1 is 0.414 bits per heavy atom. The van der Waals surface area contributed by atoms with E-state index in [-0.39, 0.29) is 17.4 Å². The zero-order valence-corrected chi connectivity index (χ0v) is 32.7. The molecule has 0 fully saturated rings. The minimum atomic E-state index is -0.496. The highest BCUT2D eigenvalue weighted by molar-refractivity contribution is 5.80. The first kappa shape index (κ1) is 37.7. The van der Waals surface area contributed by atoms with E-state index in [0.29, 0.717) is 11.1 Å². The monoisotopic (exact) mass is 750 g/mol. The molecule has 2 nitrogen and oxygen atoms in total. The van der Waals surface area contributed by atoms with Crippen molar-refractivity contribution in [3.8, 4) is 67.1 Å². The van der Waals surface area contributed by atoms with E-state index in [0.717, 1.165) is 73.2 Å². The van der Waals surface area contributed by atoms with E-state index in [2.05, 4.69) is 135 Å². The Kier molecular flexibility index (Phi) is 11.0. The summed E-state index contributed by atoms with van der Waals surface area (Å²) >= 11 is 0. The normalized spacial score (nSPS) is 11.6. The van der Waals surface area contributed by atoms with Crippen molar-refractivity contribution in [1.29, 1.82) is 0 Å². The summed E-state index contributed by atoms with van der Waals surface area (Å²) in [4.78, 5) is 0. The Hall–Kier alpha value is -7.16. The maximum atomic E-state index is 12.4. The van der Waals surface area contributed by atoms with Crippen LogP contribution < -0.4 is 0 Å². The van der Waals surface area contributed by atoms with Crippen molar-refractivity contribution in [2.45, 2.75) is 25.2 Å². The van der Waals surface area contributed by atoms with E-state index in [1.54, 1.807) is 0 Å². The molecule has 8 rings (SSSR count). The average Bonchev–Trinajstić information content (AvgIpc) is 3.28. The maximum absolute atomic E-state index is 12.4. The number of phenols is 2. The van der Waals surface area contributed by atoms with Gasteiger partial charge in [-0.2, -0.15) is 0 Å². The summed E-state index contributed by atoms with van der Waals surface area (Å²) in [7, 11) is 0. The third kappa shape index (κ3) is 7.53. The molecule has 0 spiro atoms. The third-order valence-electron chi connectivity index (χ3n) is 11.4. The van der Waals surface area contributed by atoms with Crippen LogP contribution in [-0.2, 0) is 0 Å². The lowest BCUT2D eigenvalue weighted by atomic mass is 9.78. The van der Waals surface area contributed by atoms with Crippen LogP contribution in [0, 0.1) is 6.92 Å². The Morgan fingerprint density at radius 2 is 0.793 bits per heavy atom. The highest BCUT2D eigenvalue weighted by Gasteiger charge is 2.28. The summed E-state index contributed by atoms with van der Waals surface area (Å²) in [5.41, 5.74) is 14.7. The summed E-state index contributed by atoms with van der Waals surface area (Å²) in [5, 5.41) is 24.7. The molecule has 0 aliphatic rings. The molecule has 8 aromatic carbocycles. The SMILES string of the molecule is C=CCC(C=C)c1ccc(-c2cccc(C(c3cccc(-c4ccc(-c5ccccc5)cc4)c3O)c3cccc(-c4ccc(-c5ccccc5)cc4)c3O)c2C)cc1. The maximum Gasteiger partial charge on any atom is 0.127 e. The second kappa shape index (κ2) is 16.9. The van der Waals surface area contributed by atoms with Crippen LogP contribution in [0.25, 0.3) is 55.6 Å². The van der Waals surface area contributed by atoms with Gasteiger partial charge in [-0.05, 0) is 74.5 Å². The molecule has 0 amide bonds. The van der Waals surface area contributed by atoms with Gasteiger partial charge < -0.3 is 10.2 Å². The van der Waals surface area contributed by atoms with Crippen LogP contribution in [0.4, 0.5) is 0 Å². The highest BCUT2D eigenvalue weighted by atomic mass is 16.3. The lowest BCUT2D eigenvalue weighted by molar-refractivity contribution is 0.460. The molecule has 1 atom stereocenters. The van der Waals surface area contributed by atoms with Gasteiger partial charge in [0.1, 0.15) is 11.5 Å². The van der Waals surface area contributed by atoms with Crippen LogP contribution in [0.2, 0.25) is 0 Å². The van der Waals surface area contributed by atoms with Crippen molar-refractivity contribution in [1.82, 2.24) is 0 Å². The Morgan fingerprint density at radius 3 is 1.24 bits per heavy atom. The summed E-state index contributed by atoms with van der Waals surface area (Å²) in [6, 6.07) is 64.2. The number of benzene rings is 8. The first-order valence-corrected chi connectivity index (χ1v) is 19.8. The molecule has 2 N–H and O–H groups in total. The Balaban J connectivity index is 1.25. The van der Waals surface area contributed by atoms with Gasteiger partial charge in [0.05, 0.1) is 0 Å². The fourth-order valence-electron chi connectivity index (χ4n) is 8.24. The zero-order valence-electron chi connectivity index (χ0n) is 32.7. The minimum absolute atomic E-state index is 0.184. The summed E-state index contributed by atoms with van der Waals surface area (Å²) in [5.74, 6) is 0.0784. The molecule has 1 unspecified atom stereocenters. The standard InChI is InChI=1S/C56H46O2/c1-4-15-39(5-2)42-26-32-45(33-27-42)48-20-12-21-49(38(48)3)54(52-24-13-22-50(55(52)57)46-34-28-43(29-35-46)40-16-8-6-9-17-40)53-25-14-23-51(56(53)58)47-36-30-44(31-37-47)41-18-10-7-11-19-41/h4-14,16-37,39,54,57-58H,1-2,15H2,3H3. The molecule has 282 valence electrons. The van der Waals surface area contributed by atoms with Gasteiger partial charge in [0.15, 0.2) is 0 Å². The first-order chi connectivity index (χ1) is 28.4. The van der Waals surface area contributed by atoms with Gasteiger partial charge in [0, 0.05) is 34.1 Å². The molecule has 0 bridgehead atoms.